The summed E-state index contributed by atoms with van der Waals surface area (Å²) in [7, 11) is -3.57. The van der Waals surface area contributed by atoms with Crippen LogP contribution in [0.2, 0.25) is 0 Å². The van der Waals surface area contributed by atoms with E-state index in [9.17, 15) is 19.0 Å². The number of anilines is 1. The van der Waals surface area contributed by atoms with Gasteiger partial charge in [-0.2, -0.15) is 9.78 Å². The van der Waals surface area contributed by atoms with E-state index in [-0.39, 0.29) is 22.0 Å². The fourth-order valence-corrected chi connectivity index (χ4v) is 5.17. The number of thiazole rings is 1. The highest BCUT2D eigenvalue weighted by Crippen LogP contribution is 2.55. The number of fused-ring (bicyclic) bond motifs is 2. The number of rotatable bonds is 3. The molecule has 0 atom stereocenters. The maximum absolute atomic E-state index is 13.4. The predicted octanol–water partition coefficient (Wildman–Crippen LogP) is 4.25. The average molecular weight is 468 g/mol. The quantitative estimate of drug-likeness (QED) is 0.333. The number of hydrogen-bond donors (Lipinski definition) is 4. The summed E-state index contributed by atoms with van der Waals surface area (Å²) in [6.07, 6.45) is 1.46. The Morgan fingerprint density at radius 2 is 1.91 bits per heavy atom. The van der Waals surface area contributed by atoms with Crippen LogP contribution in [0.4, 0.5) is 5.69 Å². The zero-order chi connectivity index (χ0) is 22.5. The molecule has 32 heavy (non-hydrogen) atoms. The molecule has 5 rings (SSSR count). The Morgan fingerprint density at radius 3 is 2.69 bits per heavy atom. The van der Waals surface area contributed by atoms with Crippen molar-refractivity contribution in [2.75, 3.05) is 5.32 Å². The van der Waals surface area contributed by atoms with Crippen LogP contribution < -0.4 is 10.9 Å². The fraction of sp³-hybridized carbons (Fsp3) is 0.0476. The first kappa shape index (κ1) is 20.4. The molecule has 0 saturated carbocycles. The van der Waals surface area contributed by atoms with Crippen molar-refractivity contribution in [2.24, 2.45) is 9.50 Å². The molecule has 1 aliphatic heterocycles. The summed E-state index contributed by atoms with van der Waals surface area (Å²) < 4.78 is 26.2. The maximum atomic E-state index is 13.4. The SMILES string of the molecule is Cc1nc(/C=N/n2c(=O)c(C3=NS(O)(O)c4ccccc4N3)c(O)c3ccccc32)cs1. The zero-order valence-corrected chi connectivity index (χ0v) is 18.3. The van der Waals surface area contributed by atoms with Gasteiger partial charge in [0.2, 0.25) is 0 Å². The Bertz CT molecular complexity index is 1490. The second-order valence-corrected chi connectivity index (χ2v) is 9.70. The second-order valence-electron chi connectivity index (χ2n) is 6.97. The number of aromatic nitrogens is 2. The molecule has 3 heterocycles. The lowest BCUT2D eigenvalue weighted by atomic mass is 10.1. The normalized spacial score (nSPS) is 15.9. The number of para-hydroxylation sites is 2. The lowest BCUT2D eigenvalue weighted by molar-refractivity contribution is 0.478. The molecule has 0 bridgehead atoms. The number of nitrogens with zero attached hydrogens (tertiary/aromatic N) is 4. The molecule has 4 N–H and O–H groups in total. The highest BCUT2D eigenvalue weighted by Gasteiger charge is 2.30. The van der Waals surface area contributed by atoms with Gasteiger partial charge in [-0.3, -0.25) is 13.9 Å². The monoisotopic (exact) mass is 467 g/mol. The van der Waals surface area contributed by atoms with E-state index in [1.807, 2.05) is 12.3 Å². The third kappa shape index (κ3) is 3.37. The van der Waals surface area contributed by atoms with Crippen molar-refractivity contribution < 1.29 is 14.2 Å². The Hall–Kier alpha value is -3.51. The van der Waals surface area contributed by atoms with E-state index in [1.165, 1.54) is 23.6 Å². The number of nitrogens with one attached hydrogen (secondary N) is 1. The smallest absolute Gasteiger partial charge is 0.286 e. The molecule has 2 aromatic heterocycles. The van der Waals surface area contributed by atoms with E-state index in [1.54, 1.807) is 42.5 Å². The Kier molecular flexibility index (Phi) is 4.82. The van der Waals surface area contributed by atoms with E-state index in [0.717, 1.165) is 9.68 Å². The number of aryl methyl sites for hydroxylation is 1. The van der Waals surface area contributed by atoms with Crippen molar-refractivity contribution in [2.45, 2.75) is 11.8 Å². The summed E-state index contributed by atoms with van der Waals surface area (Å²) in [5.74, 6) is -0.479. The van der Waals surface area contributed by atoms with E-state index < -0.39 is 16.3 Å². The number of aromatic hydroxyl groups is 1. The summed E-state index contributed by atoms with van der Waals surface area (Å²) in [6.45, 7) is 1.87. The minimum atomic E-state index is -3.57. The van der Waals surface area contributed by atoms with Gasteiger partial charge in [0.1, 0.15) is 16.2 Å². The van der Waals surface area contributed by atoms with Gasteiger partial charge in [0, 0.05) is 10.8 Å². The van der Waals surface area contributed by atoms with Crippen LogP contribution in [0.3, 0.4) is 0 Å². The Morgan fingerprint density at radius 1 is 1.16 bits per heavy atom. The molecule has 0 aliphatic carbocycles. The standard InChI is InChI=1S/C21H17N5O4S2/c1-12-23-13(11-31-12)10-22-26-16-8-4-2-6-14(16)19(27)18(21(26)28)20-24-15-7-3-5-9-17(15)32(29,30)25-20/h2-11,27,29-30H,1H3,(H,24,25)/b22-10+. The summed E-state index contributed by atoms with van der Waals surface area (Å²) in [6, 6.07) is 13.3. The van der Waals surface area contributed by atoms with Gasteiger partial charge in [-0.1, -0.05) is 35.0 Å². The van der Waals surface area contributed by atoms with Gasteiger partial charge in [-0.15, -0.1) is 15.7 Å². The van der Waals surface area contributed by atoms with E-state index in [2.05, 4.69) is 19.8 Å². The van der Waals surface area contributed by atoms with Crippen LogP contribution in [0.1, 0.15) is 16.3 Å². The first-order valence-corrected chi connectivity index (χ1v) is 11.8. The molecular formula is C21H17N5O4S2. The third-order valence-corrected chi connectivity index (χ3v) is 7.04. The molecule has 0 amide bonds. The molecular weight excluding hydrogens is 450 g/mol. The van der Waals surface area contributed by atoms with E-state index in [4.69, 9.17) is 0 Å². The molecule has 0 fully saturated rings. The average Bonchev–Trinajstić information content (AvgIpc) is 3.18. The first-order chi connectivity index (χ1) is 15.3. The maximum Gasteiger partial charge on any atom is 0.286 e. The molecule has 11 heteroatoms. The Balaban J connectivity index is 1.74. The summed E-state index contributed by atoms with van der Waals surface area (Å²) >= 11 is 1.46. The Labute approximate surface area is 187 Å². The second kappa shape index (κ2) is 7.57. The predicted molar refractivity (Wildman–Crippen MR) is 127 cm³/mol. The molecule has 2 aromatic carbocycles. The van der Waals surface area contributed by atoms with Crippen molar-refractivity contribution in [3.05, 3.63) is 80.5 Å². The molecule has 0 saturated heterocycles. The van der Waals surface area contributed by atoms with Gasteiger partial charge in [0.15, 0.2) is 5.84 Å². The first-order valence-electron chi connectivity index (χ1n) is 9.43. The van der Waals surface area contributed by atoms with Gasteiger partial charge >= 0.3 is 0 Å². The lowest BCUT2D eigenvalue weighted by Crippen LogP contribution is -2.31. The van der Waals surface area contributed by atoms with E-state index in [0.29, 0.717) is 22.3 Å². The van der Waals surface area contributed by atoms with Gasteiger partial charge < -0.3 is 10.4 Å². The van der Waals surface area contributed by atoms with Crippen molar-refractivity contribution in [1.29, 1.82) is 0 Å². The van der Waals surface area contributed by atoms with Gasteiger partial charge in [0.05, 0.1) is 28.1 Å². The largest absolute Gasteiger partial charge is 0.506 e. The van der Waals surface area contributed by atoms with Crippen molar-refractivity contribution in [3.63, 3.8) is 0 Å². The molecule has 0 spiro atoms. The van der Waals surface area contributed by atoms with Gasteiger partial charge in [-0.25, -0.2) is 4.98 Å². The van der Waals surface area contributed by atoms with Crippen molar-refractivity contribution >= 4 is 50.8 Å². The van der Waals surface area contributed by atoms with Gasteiger partial charge in [0.25, 0.3) is 5.56 Å². The fourth-order valence-electron chi connectivity index (χ4n) is 3.44. The highest BCUT2D eigenvalue weighted by atomic mass is 32.3. The minimum Gasteiger partial charge on any atom is -0.506 e. The number of benzene rings is 2. The molecule has 162 valence electrons. The number of hydrogen-bond acceptors (Lipinski definition) is 9. The van der Waals surface area contributed by atoms with Crippen LogP contribution in [0, 0.1) is 6.92 Å². The van der Waals surface area contributed by atoms with Crippen molar-refractivity contribution in [1.82, 2.24) is 9.66 Å². The number of amidine groups is 1. The molecule has 0 unspecified atom stereocenters. The topological polar surface area (TPSA) is 132 Å². The summed E-state index contributed by atoms with van der Waals surface area (Å²) in [5.41, 5.74) is 0.465. The molecule has 1 aliphatic rings. The number of pyridine rings is 1. The van der Waals surface area contributed by atoms with Crippen LogP contribution in [0.25, 0.3) is 10.9 Å². The van der Waals surface area contributed by atoms with Gasteiger partial charge in [-0.05, 0) is 31.2 Å². The van der Waals surface area contributed by atoms with Crippen molar-refractivity contribution in [3.8, 4) is 5.75 Å². The van der Waals surface area contributed by atoms with Crippen LogP contribution in [-0.2, 0) is 0 Å². The summed E-state index contributed by atoms with van der Waals surface area (Å²) in [5, 5.41) is 21.2. The van der Waals surface area contributed by atoms with Crippen LogP contribution >= 0.6 is 22.1 Å². The highest BCUT2D eigenvalue weighted by molar-refractivity contribution is 8.23. The molecule has 9 nitrogen and oxygen atoms in total. The van der Waals surface area contributed by atoms with Crippen LogP contribution in [0.5, 0.6) is 5.75 Å². The van der Waals surface area contributed by atoms with Crippen LogP contribution in [0.15, 0.2) is 73.1 Å². The lowest BCUT2D eigenvalue weighted by Gasteiger charge is -2.34. The minimum absolute atomic E-state index is 0.148. The van der Waals surface area contributed by atoms with Crippen LogP contribution in [-0.4, -0.2) is 35.9 Å². The third-order valence-electron chi connectivity index (χ3n) is 4.86. The molecule has 4 aromatic rings. The zero-order valence-electron chi connectivity index (χ0n) is 16.6. The van der Waals surface area contributed by atoms with E-state index >= 15 is 0 Å². The summed E-state index contributed by atoms with van der Waals surface area (Å²) in [4.78, 5) is 18.0. The molecule has 0 radical (unpaired) electrons.